The third kappa shape index (κ3) is 3.08. The van der Waals surface area contributed by atoms with Crippen LogP contribution in [-0.4, -0.2) is 26.1 Å². The lowest BCUT2D eigenvalue weighted by Crippen LogP contribution is -2.46. The summed E-state index contributed by atoms with van der Waals surface area (Å²) in [5.74, 6) is 1.10. The highest BCUT2D eigenvalue weighted by atomic mass is 32.1. The number of hydrogen-bond acceptors (Lipinski definition) is 4. The van der Waals surface area contributed by atoms with E-state index in [1.807, 2.05) is 35.8 Å². The second-order valence-corrected chi connectivity index (χ2v) is 8.58. The number of aryl methyl sites for hydroxylation is 1. The first-order chi connectivity index (χ1) is 13.0. The van der Waals surface area contributed by atoms with Crippen molar-refractivity contribution < 1.29 is 4.79 Å². The average molecular weight is 387 g/mol. The fraction of sp³-hybridized carbons (Fsp3) is 0.550. The topological polar surface area (TPSA) is 68.4 Å². The zero-order valence-corrected chi connectivity index (χ0v) is 16.9. The van der Waals surface area contributed by atoms with Gasteiger partial charge < -0.3 is 5.32 Å². The van der Waals surface area contributed by atoms with Crippen LogP contribution in [0, 0.1) is 12.8 Å². The summed E-state index contributed by atoms with van der Waals surface area (Å²) in [5.41, 5.74) is 1.38. The van der Waals surface area contributed by atoms with E-state index in [0.29, 0.717) is 17.9 Å². The lowest BCUT2D eigenvalue weighted by atomic mass is 9.86. The Hall–Kier alpha value is -2.15. The Kier molecular flexibility index (Phi) is 4.80. The van der Waals surface area contributed by atoms with Gasteiger partial charge in [-0.25, -0.2) is 4.68 Å². The first-order valence-electron chi connectivity index (χ1n) is 9.79. The molecule has 3 heterocycles. The summed E-state index contributed by atoms with van der Waals surface area (Å²) in [5, 5.41) is 9.72. The maximum absolute atomic E-state index is 13.1. The lowest BCUT2D eigenvalue weighted by molar-refractivity contribution is -0.126. The number of carbonyl (C=O) groups excluding carboxylic acids is 1. The number of rotatable bonds is 4. The Morgan fingerprint density at radius 3 is 2.89 bits per heavy atom. The third-order valence-electron chi connectivity index (χ3n) is 5.85. The minimum atomic E-state index is -0.580. The summed E-state index contributed by atoms with van der Waals surface area (Å²) >= 11 is 1.60. The molecular formula is C20H26N4O2S. The van der Waals surface area contributed by atoms with Crippen molar-refractivity contribution >= 4 is 33.0 Å². The highest BCUT2D eigenvalue weighted by molar-refractivity contribution is 7.17. The van der Waals surface area contributed by atoms with Gasteiger partial charge in [0.25, 0.3) is 5.56 Å². The zero-order chi connectivity index (χ0) is 19.1. The molecule has 3 atom stereocenters. The molecule has 0 radical (unpaired) electrons. The van der Waals surface area contributed by atoms with Gasteiger partial charge in [0.15, 0.2) is 0 Å². The number of carbonyl (C=O) groups is 1. The maximum atomic E-state index is 13.1. The van der Waals surface area contributed by atoms with E-state index in [1.54, 1.807) is 11.3 Å². The van der Waals surface area contributed by atoms with Crippen molar-refractivity contribution in [2.45, 2.75) is 65.0 Å². The van der Waals surface area contributed by atoms with Crippen molar-refractivity contribution in [3.05, 3.63) is 33.7 Å². The molecule has 1 fully saturated rings. The Balaban J connectivity index is 1.71. The molecule has 27 heavy (non-hydrogen) atoms. The third-order valence-corrected chi connectivity index (χ3v) is 6.70. The van der Waals surface area contributed by atoms with Gasteiger partial charge in [-0.05, 0) is 49.6 Å². The highest BCUT2D eigenvalue weighted by Gasteiger charge is 2.28. The van der Waals surface area contributed by atoms with E-state index in [4.69, 9.17) is 0 Å². The van der Waals surface area contributed by atoms with Crippen LogP contribution in [0.2, 0.25) is 0 Å². The zero-order valence-electron chi connectivity index (χ0n) is 16.1. The van der Waals surface area contributed by atoms with Crippen molar-refractivity contribution in [2.24, 2.45) is 5.92 Å². The molecule has 1 aliphatic rings. The van der Waals surface area contributed by atoms with Crippen LogP contribution in [0.3, 0.4) is 0 Å². The van der Waals surface area contributed by atoms with Gasteiger partial charge in [-0.2, -0.15) is 5.10 Å². The van der Waals surface area contributed by atoms with Crippen LogP contribution in [-0.2, 0) is 4.79 Å². The summed E-state index contributed by atoms with van der Waals surface area (Å²) in [6, 6.07) is 3.52. The van der Waals surface area contributed by atoms with E-state index in [2.05, 4.69) is 17.3 Å². The van der Waals surface area contributed by atoms with Crippen LogP contribution in [0.5, 0.6) is 0 Å². The van der Waals surface area contributed by atoms with E-state index in [9.17, 15) is 9.59 Å². The van der Waals surface area contributed by atoms with Gasteiger partial charge in [-0.3, -0.25) is 14.0 Å². The van der Waals surface area contributed by atoms with Crippen LogP contribution in [0.25, 0.3) is 15.7 Å². The molecule has 6 nitrogen and oxygen atoms in total. The summed E-state index contributed by atoms with van der Waals surface area (Å²) in [4.78, 5) is 26.1. The Morgan fingerprint density at radius 2 is 2.15 bits per heavy atom. The predicted molar refractivity (Wildman–Crippen MR) is 108 cm³/mol. The van der Waals surface area contributed by atoms with Gasteiger partial charge in [-0.1, -0.05) is 26.7 Å². The van der Waals surface area contributed by atoms with E-state index >= 15 is 0 Å². The van der Waals surface area contributed by atoms with E-state index < -0.39 is 6.04 Å². The first-order valence-corrected chi connectivity index (χ1v) is 10.7. The number of nitrogens with one attached hydrogen (secondary N) is 1. The first kappa shape index (κ1) is 18.2. The standard InChI is InChI=1S/C20H26N4O2S/c1-4-15(19(25)21-14-8-6-5-7-12(14)2)24-20(26)17-11-18-16(9-10-27-18)23(17)13(3)22-24/h9-12,14-15H,4-8H2,1-3H3,(H,21,25)/t12-,14-,15-/m1/s1. The minimum absolute atomic E-state index is 0.0945. The molecule has 0 aromatic carbocycles. The second kappa shape index (κ2) is 7.11. The molecule has 7 heteroatoms. The van der Waals surface area contributed by atoms with Crippen LogP contribution < -0.4 is 10.9 Å². The molecule has 0 spiro atoms. The Morgan fingerprint density at radius 1 is 1.37 bits per heavy atom. The molecule has 4 rings (SSSR count). The molecule has 3 aromatic heterocycles. The molecule has 0 aliphatic heterocycles. The quantitative estimate of drug-likeness (QED) is 0.744. The number of fused-ring (bicyclic) bond motifs is 3. The predicted octanol–water partition coefficient (Wildman–Crippen LogP) is 3.67. The summed E-state index contributed by atoms with van der Waals surface area (Å²) in [7, 11) is 0. The number of nitrogens with zero attached hydrogens (tertiary/aromatic N) is 3. The number of aromatic nitrogens is 3. The van der Waals surface area contributed by atoms with Gasteiger partial charge in [-0.15, -0.1) is 11.3 Å². The molecule has 1 amide bonds. The van der Waals surface area contributed by atoms with Crippen LogP contribution in [0.15, 0.2) is 22.3 Å². The van der Waals surface area contributed by atoms with E-state index in [1.165, 1.54) is 11.1 Å². The molecule has 1 aliphatic carbocycles. The van der Waals surface area contributed by atoms with Crippen LogP contribution >= 0.6 is 11.3 Å². The Labute approximate surface area is 162 Å². The molecule has 1 N–H and O–H groups in total. The van der Waals surface area contributed by atoms with Gasteiger partial charge in [0.05, 0.1) is 10.2 Å². The molecule has 0 bridgehead atoms. The van der Waals surface area contributed by atoms with Crippen LogP contribution in [0.4, 0.5) is 0 Å². The molecule has 0 unspecified atom stereocenters. The van der Waals surface area contributed by atoms with Crippen molar-refractivity contribution in [1.29, 1.82) is 0 Å². The van der Waals surface area contributed by atoms with Gasteiger partial charge in [0, 0.05) is 6.04 Å². The smallest absolute Gasteiger partial charge is 0.291 e. The molecular weight excluding hydrogens is 360 g/mol. The van der Waals surface area contributed by atoms with Crippen molar-refractivity contribution in [3.63, 3.8) is 0 Å². The fourth-order valence-electron chi connectivity index (χ4n) is 4.29. The monoisotopic (exact) mass is 386 g/mol. The van der Waals surface area contributed by atoms with E-state index in [-0.39, 0.29) is 17.5 Å². The van der Waals surface area contributed by atoms with Crippen molar-refractivity contribution in [3.8, 4) is 0 Å². The lowest BCUT2D eigenvalue weighted by Gasteiger charge is -2.31. The molecule has 144 valence electrons. The fourth-order valence-corrected chi connectivity index (χ4v) is 5.09. The minimum Gasteiger partial charge on any atom is -0.351 e. The molecule has 3 aromatic rings. The number of amides is 1. The van der Waals surface area contributed by atoms with Gasteiger partial charge >= 0.3 is 0 Å². The summed E-state index contributed by atoms with van der Waals surface area (Å²) < 4.78 is 4.33. The second-order valence-electron chi connectivity index (χ2n) is 7.63. The van der Waals surface area contributed by atoms with Crippen molar-refractivity contribution in [1.82, 2.24) is 19.5 Å². The highest BCUT2D eigenvalue weighted by Crippen LogP contribution is 2.26. The maximum Gasteiger partial charge on any atom is 0.291 e. The summed E-state index contributed by atoms with van der Waals surface area (Å²) in [6.45, 7) is 6.01. The number of hydrogen-bond donors (Lipinski definition) is 1. The average Bonchev–Trinajstić information content (AvgIpc) is 3.23. The van der Waals surface area contributed by atoms with E-state index in [0.717, 1.165) is 35.3 Å². The van der Waals surface area contributed by atoms with Gasteiger partial charge in [0.1, 0.15) is 17.4 Å². The molecule has 1 saturated carbocycles. The largest absolute Gasteiger partial charge is 0.351 e. The summed E-state index contributed by atoms with van der Waals surface area (Å²) in [6.07, 6.45) is 5.07. The van der Waals surface area contributed by atoms with Crippen molar-refractivity contribution in [2.75, 3.05) is 0 Å². The van der Waals surface area contributed by atoms with Gasteiger partial charge in [0.2, 0.25) is 5.91 Å². The number of thiophene rings is 1. The normalized spacial score (nSPS) is 21.6. The Bertz CT molecular complexity index is 1050. The van der Waals surface area contributed by atoms with Crippen LogP contribution in [0.1, 0.15) is 57.8 Å². The SMILES string of the molecule is CC[C@H](C(=O)N[C@@H]1CCCC[C@H]1C)n1nc(C)n2c(cc3sccc32)c1=O. The molecule has 0 saturated heterocycles.